The van der Waals surface area contributed by atoms with Crippen molar-refractivity contribution in [3.63, 3.8) is 0 Å². The molecule has 2 rings (SSSR count). The normalized spacial score (nSPS) is 45.8. The molecule has 1 aliphatic carbocycles. The molecule has 1 saturated heterocycles. The van der Waals surface area contributed by atoms with E-state index in [-0.39, 0.29) is 17.5 Å². The lowest BCUT2D eigenvalue weighted by Crippen LogP contribution is -2.41. The fourth-order valence-electron chi connectivity index (χ4n) is 3.22. The zero-order valence-corrected chi connectivity index (χ0v) is 9.66. The van der Waals surface area contributed by atoms with Crippen molar-refractivity contribution < 1.29 is 9.53 Å². The van der Waals surface area contributed by atoms with Crippen LogP contribution in [-0.2, 0) is 9.53 Å². The molecule has 0 aromatic rings. The van der Waals surface area contributed by atoms with Crippen LogP contribution in [0.4, 0.5) is 0 Å². The first-order chi connectivity index (χ1) is 7.07. The first-order valence-corrected chi connectivity index (χ1v) is 5.97. The lowest BCUT2D eigenvalue weighted by atomic mass is 9.63. The van der Waals surface area contributed by atoms with Crippen LogP contribution < -0.4 is 5.73 Å². The third kappa shape index (κ3) is 1.78. The Morgan fingerprint density at radius 2 is 2.20 bits per heavy atom. The van der Waals surface area contributed by atoms with Gasteiger partial charge in [-0.15, -0.1) is 0 Å². The van der Waals surface area contributed by atoms with Crippen LogP contribution in [0, 0.1) is 17.3 Å². The maximum atomic E-state index is 11.4. The average molecular weight is 211 g/mol. The Kier molecular flexibility index (Phi) is 2.75. The second-order valence-electron chi connectivity index (χ2n) is 5.45. The number of hydrogen-bond acceptors (Lipinski definition) is 3. The number of rotatable bonds is 1. The molecule has 2 aliphatic rings. The number of hydrogen-bond donors (Lipinski definition) is 1. The molecule has 0 bridgehead atoms. The largest absolute Gasteiger partial charge is 0.460 e. The molecule has 2 N–H and O–H groups in total. The zero-order chi connectivity index (χ0) is 11.1. The van der Waals surface area contributed by atoms with E-state index in [2.05, 4.69) is 13.8 Å². The number of cyclic esters (lactones) is 1. The van der Waals surface area contributed by atoms with Crippen LogP contribution in [0.1, 0.15) is 39.5 Å². The summed E-state index contributed by atoms with van der Waals surface area (Å²) in [4.78, 5) is 11.4. The van der Waals surface area contributed by atoms with E-state index in [1.54, 1.807) is 0 Å². The predicted octanol–water partition coefficient (Wildman–Crippen LogP) is 1.70. The third-order valence-electron chi connectivity index (χ3n) is 4.46. The van der Waals surface area contributed by atoms with Crippen molar-refractivity contribution >= 4 is 5.97 Å². The van der Waals surface area contributed by atoms with Gasteiger partial charge in [0.1, 0.15) is 6.10 Å². The average Bonchev–Trinajstić information content (AvgIpc) is 2.49. The van der Waals surface area contributed by atoms with Crippen molar-refractivity contribution in [3.05, 3.63) is 0 Å². The van der Waals surface area contributed by atoms with Crippen LogP contribution >= 0.6 is 0 Å². The van der Waals surface area contributed by atoms with Crippen molar-refractivity contribution in [2.75, 3.05) is 6.54 Å². The van der Waals surface area contributed by atoms with Gasteiger partial charge in [-0.05, 0) is 31.1 Å². The Morgan fingerprint density at radius 1 is 1.47 bits per heavy atom. The van der Waals surface area contributed by atoms with Crippen LogP contribution in [0.5, 0.6) is 0 Å². The fourth-order valence-corrected chi connectivity index (χ4v) is 3.22. The molecule has 0 amide bonds. The lowest BCUT2D eigenvalue weighted by molar-refractivity contribution is -0.141. The minimum atomic E-state index is -0.0489. The van der Waals surface area contributed by atoms with Crippen molar-refractivity contribution in [3.8, 4) is 0 Å². The van der Waals surface area contributed by atoms with Gasteiger partial charge in [0.15, 0.2) is 0 Å². The highest BCUT2D eigenvalue weighted by Crippen LogP contribution is 2.50. The lowest BCUT2D eigenvalue weighted by Gasteiger charge is -2.41. The van der Waals surface area contributed by atoms with Gasteiger partial charge >= 0.3 is 5.97 Å². The van der Waals surface area contributed by atoms with Gasteiger partial charge in [0.05, 0.1) is 6.42 Å². The molecule has 1 spiro atoms. The Labute approximate surface area is 91.4 Å². The van der Waals surface area contributed by atoms with Gasteiger partial charge in [0.2, 0.25) is 0 Å². The first kappa shape index (κ1) is 10.9. The van der Waals surface area contributed by atoms with Crippen molar-refractivity contribution in [2.45, 2.75) is 45.6 Å². The number of carbonyl (C=O) groups is 1. The summed E-state index contributed by atoms with van der Waals surface area (Å²) in [6, 6.07) is 0. The summed E-state index contributed by atoms with van der Waals surface area (Å²) in [5.41, 5.74) is 5.77. The molecule has 0 radical (unpaired) electrons. The van der Waals surface area contributed by atoms with Crippen LogP contribution in [0.25, 0.3) is 0 Å². The van der Waals surface area contributed by atoms with Crippen LogP contribution in [0.3, 0.4) is 0 Å². The molecule has 4 atom stereocenters. The maximum Gasteiger partial charge on any atom is 0.306 e. The van der Waals surface area contributed by atoms with Gasteiger partial charge in [0.25, 0.3) is 0 Å². The molecule has 15 heavy (non-hydrogen) atoms. The molecule has 1 aliphatic heterocycles. The maximum absolute atomic E-state index is 11.4. The minimum absolute atomic E-state index is 0.0278. The Bertz CT molecular complexity index is 266. The van der Waals surface area contributed by atoms with Crippen LogP contribution in [0.15, 0.2) is 0 Å². The number of nitrogens with two attached hydrogens (primary N) is 1. The highest BCUT2D eigenvalue weighted by molar-refractivity contribution is 5.73. The molecule has 1 heterocycles. The van der Waals surface area contributed by atoms with E-state index in [1.807, 2.05) is 0 Å². The number of esters is 1. The molecular formula is C12H21NO2. The fraction of sp³-hybridized carbons (Fsp3) is 0.917. The predicted molar refractivity (Wildman–Crippen MR) is 58.2 cm³/mol. The van der Waals surface area contributed by atoms with Gasteiger partial charge in [-0.3, -0.25) is 4.79 Å². The van der Waals surface area contributed by atoms with Crippen molar-refractivity contribution in [1.82, 2.24) is 0 Å². The molecular weight excluding hydrogens is 190 g/mol. The molecule has 1 saturated carbocycles. The second kappa shape index (κ2) is 3.78. The summed E-state index contributed by atoms with van der Waals surface area (Å²) >= 11 is 0. The third-order valence-corrected chi connectivity index (χ3v) is 4.46. The quantitative estimate of drug-likeness (QED) is 0.672. The van der Waals surface area contributed by atoms with E-state index in [4.69, 9.17) is 10.5 Å². The van der Waals surface area contributed by atoms with E-state index in [0.29, 0.717) is 18.9 Å². The molecule has 3 heteroatoms. The standard InChI is InChI=1S/C12H21NO2/c1-8-3-4-12(5-9(8)2)6-11(14)15-10(12)7-13/h8-10H,3-7,13H2,1-2H3. The van der Waals surface area contributed by atoms with Gasteiger partial charge < -0.3 is 10.5 Å². The summed E-state index contributed by atoms with van der Waals surface area (Å²) in [6.45, 7) is 5.06. The van der Waals surface area contributed by atoms with E-state index >= 15 is 0 Å². The molecule has 0 aromatic carbocycles. The van der Waals surface area contributed by atoms with Crippen molar-refractivity contribution in [1.29, 1.82) is 0 Å². The monoisotopic (exact) mass is 211 g/mol. The first-order valence-electron chi connectivity index (χ1n) is 5.97. The van der Waals surface area contributed by atoms with E-state index in [9.17, 15) is 4.79 Å². The number of ether oxygens (including phenoxy) is 1. The van der Waals surface area contributed by atoms with Crippen LogP contribution in [-0.4, -0.2) is 18.6 Å². The van der Waals surface area contributed by atoms with Gasteiger partial charge in [-0.1, -0.05) is 13.8 Å². The summed E-state index contributed by atoms with van der Waals surface area (Å²) in [7, 11) is 0. The second-order valence-corrected chi connectivity index (χ2v) is 5.45. The summed E-state index contributed by atoms with van der Waals surface area (Å²) in [6.07, 6.45) is 3.97. The Hall–Kier alpha value is -0.570. The highest BCUT2D eigenvalue weighted by Gasteiger charge is 2.50. The summed E-state index contributed by atoms with van der Waals surface area (Å²) in [5.74, 6) is 1.40. The smallest absolute Gasteiger partial charge is 0.306 e. The Balaban J connectivity index is 2.15. The number of carbonyl (C=O) groups excluding carboxylic acids is 1. The molecule has 0 aromatic heterocycles. The van der Waals surface area contributed by atoms with E-state index < -0.39 is 0 Å². The molecule has 2 fully saturated rings. The van der Waals surface area contributed by atoms with Crippen molar-refractivity contribution in [2.24, 2.45) is 23.0 Å². The summed E-state index contributed by atoms with van der Waals surface area (Å²) < 4.78 is 5.32. The minimum Gasteiger partial charge on any atom is -0.460 e. The van der Waals surface area contributed by atoms with Gasteiger partial charge in [0, 0.05) is 12.0 Å². The molecule has 4 unspecified atom stereocenters. The zero-order valence-electron chi connectivity index (χ0n) is 9.66. The topological polar surface area (TPSA) is 52.3 Å². The van der Waals surface area contributed by atoms with Gasteiger partial charge in [-0.25, -0.2) is 0 Å². The molecule has 3 nitrogen and oxygen atoms in total. The van der Waals surface area contributed by atoms with E-state index in [0.717, 1.165) is 18.8 Å². The van der Waals surface area contributed by atoms with Crippen LogP contribution in [0.2, 0.25) is 0 Å². The molecule has 86 valence electrons. The van der Waals surface area contributed by atoms with E-state index in [1.165, 1.54) is 6.42 Å². The van der Waals surface area contributed by atoms with Gasteiger partial charge in [-0.2, -0.15) is 0 Å². The highest BCUT2D eigenvalue weighted by atomic mass is 16.6. The Morgan fingerprint density at radius 3 is 2.80 bits per heavy atom. The summed E-state index contributed by atoms with van der Waals surface area (Å²) in [5, 5.41) is 0. The SMILES string of the molecule is CC1CCC2(CC(=O)OC2CN)CC1C.